The molecule has 0 heterocycles. The minimum absolute atomic E-state index is 0.0407. The van der Waals surface area contributed by atoms with Gasteiger partial charge in [0.2, 0.25) is 11.8 Å². The highest BCUT2D eigenvalue weighted by Crippen LogP contribution is 2.28. The summed E-state index contributed by atoms with van der Waals surface area (Å²) in [6.07, 6.45) is -0.0242. The molecule has 2 amide bonds. The van der Waals surface area contributed by atoms with Crippen LogP contribution in [-0.2, 0) is 29.0 Å². The normalized spacial score (nSPS) is 11.7. The van der Waals surface area contributed by atoms with Gasteiger partial charge in [0.1, 0.15) is 6.04 Å². The summed E-state index contributed by atoms with van der Waals surface area (Å²) in [5.74, 6) is -0.798. The van der Waals surface area contributed by atoms with E-state index in [-0.39, 0.29) is 42.6 Å². The average molecular weight is 528 g/mol. The predicted octanol–water partition coefficient (Wildman–Crippen LogP) is 5.61. The van der Waals surface area contributed by atoms with Crippen LogP contribution >= 0.6 is 23.2 Å². The third-order valence-corrected chi connectivity index (χ3v) is 6.33. The first-order valence-electron chi connectivity index (χ1n) is 11.5. The van der Waals surface area contributed by atoms with E-state index in [4.69, 9.17) is 23.2 Å². The first-order chi connectivity index (χ1) is 17.2. The molecule has 0 saturated carbocycles. The fourth-order valence-electron chi connectivity index (χ4n) is 3.89. The summed E-state index contributed by atoms with van der Waals surface area (Å²) in [6.45, 7) is 3.63. The Kier molecular flexibility index (Phi) is 9.44. The van der Waals surface area contributed by atoms with E-state index in [1.807, 2.05) is 44.2 Å². The van der Waals surface area contributed by atoms with Crippen molar-refractivity contribution in [2.45, 2.75) is 45.3 Å². The molecule has 3 rings (SSSR count). The van der Waals surface area contributed by atoms with Crippen molar-refractivity contribution in [1.82, 2.24) is 10.2 Å². The summed E-state index contributed by atoms with van der Waals surface area (Å²) >= 11 is 12.8. The molecule has 9 heteroatoms. The Hall–Kier alpha value is -3.42. The quantitative estimate of drug-likeness (QED) is 0.274. The van der Waals surface area contributed by atoms with Crippen LogP contribution in [0.4, 0.5) is 5.69 Å². The fraction of sp³-hybridized carbons (Fsp3) is 0.259. The van der Waals surface area contributed by atoms with Crippen LogP contribution in [0.25, 0.3) is 0 Å². The Morgan fingerprint density at radius 2 is 1.56 bits per heavy atom. The molecule has 3 aromatic carbocycles. The van der Waals surface area contributed by atoms with Gasteiger partial charge in [-0.15, -0.1) is 0 Å². The molecule has 0 aliphatic carbocycles. The Morgan fingerprint density at radius 1 is 0.944 bits per heavy atom. The molecule has 7 nitrogen and oxygen atoms in total. The molecule has 0 saturated heterocycles. The number of carbonyl (C=O) groups is 2. The molecular formula is C27H27Cl2N3O4. The Balaban J connectivity index is 2.06. The van der Waals surface area contributed by atoms with E-state index in [9.17, 15) is 19.7 Å². The van der Waals surface area contributed by atoms with Crippen LogP contribution in [0.1, 0.15) is 30.5 Å². The van der Waals surface area contributed by atoms with Gasteiger partial charge in [-0.05, 0) is 31.5 Å². The van der Waals surface area contributed by atoms with E-state index in [2.05, 4.69) is 5.32 Å². The highest BCUT2D eigenvalue weighted by Gasteiger charge is 2.32. The van der Waals surface area contributed by atoms with Crippen molar-refractivity contribution in [3.05, 3.63) is 110 Å². The molecule has 1 N–H and O–H groups in total. The summed E-state index contributed by atoms with van der Waals surface area (Å²) in [6, 6.07) is 19.4. The smallest absolute Gasteiger partial charge is 0.273 e. The van der Waals surface area contributed by atoms with Crippen LogP contribution in [0, 0.1) is 10.1 Å². The molecule has 3 aromatic rings. The van der Waals surface area contributed by atoms with Crippen LogP contribution in [0.2, 0.25) is 10.0 Å². The summed E-state index contributed by atoms with van der Waals surface area (Å²) in [4.78, 5) is 39.6. The molecule has 0 radical (unpaired) electrons. The number of benzene rings is 3. The van der Waals surface area contributed by atoms with Gasteiger partial charge in [-0.2, -0.15) is 0 Å². The molecule has 0 unspecified atom stereocenters. The van der Waals surface area contributed by atoms with E-state index in [0.717, 1.165) is 5.56 Å². The minimum atomic E-state index is -0.905. The third kappa shape index (κ3) is 7.06. The number of rotatable bonds is 10. The van der Waals surface area contributed by atoms with Gasteiger partial charge in [-0.1, -0.05) is 77.8 Å². The third-order valence-electron chi connectivity index (χ3n) is 5.62. The lowest BCUT2D eigenvalue weighted by Crippen LogP contribution is -2.52. The zero-order valence-electron chi connectivity index (χ0n) is 20.0. The predicted molar refractivity (Wildman–Crippen MR) is 141 cm³/mol. The first-order valence-corrected chi connectivity index (χ1v) is 12.2. The van der Waals surface area contributed by atoms with Crippen LogP contribution < -0.4 is 5.32 Å². The second kappa shape index (κ2) is 12.5. The maximum Gasteiger partial charge on any atom is 0.273 e. The molecular weight excluding hydrogens is 501 g/mol. The fourth-order valence-corrected chi connectivity index (χ4v) is 4.41. The van der Waals surface area contributed by atoms with Crippen LogP contribution in [0.15, 0.2) is 72.8 Å². The SMILES string of the molecule is CC(C)NC(=O)[C@H](Cc1ccccc1)N(Cc1c(Cl)cccc1Cl)C(=O)Cc1ccccc1[N+](=O)[O-]. The van der Waals surface area contributed by atoms with Gasteiger partial charge < -0.3 is 10.2 Å². The monoisotopic (exact) mass is 527 g/mol. The number of halogens is 2. The molecule has 0 aliphatic rings. The lowest BCUT2D eigenvalue weighted by atomic mass is 10.0. The van der Waals surface area contributed by atoms with Gasteiger partial charge >= 0.3 is 0 Å². The average Bonchev–Trinajstić information content (AvgIpc) is 2.83. The van der Waals surface area contributed by atoms with Gasteiger partial charge in [-0.25, -0.2) is 0 Å². The lowest BCUT2D eigenvalue weighted by Gasteiger charge is -2.32. The molecule has 1 atom stereocenters. The Morgan fingerprint density at radius 3 is 2.17 bits per heavy atom. The second-order valence-corrected chi connectivity index (χ2v) is 9.47. The van der Waals surface area contributed by atoms with Gasteiger partial charge in [0.25, 0.3) is 5.69 Å². The van der Waals surface area contributed by atoms with Gasteiger partial charge in [0.05, 0.1) is 11.3 Å². The molecule has 188 valence electrons. The number of nitrogens with one attached hydrogen (secondary N) is 1. The Labute approximate surface area is 220 Å². The van der Waals surface area contributed by atoms with E-state index in [1.165, 1.54) is 17.0 Å². The molecule has 0 aliphatic heterocycles. The minimum Gasteiger partial charge on any atom is -0.352 e. The van der Waals surface area contributed by atoms with Crippen molar-refractivity contribution in [2.24, 2.45) is 0 Å². The van der Waals surface area contributed by atoms with Gasteiger partial charge in [0.15, 0.2) is 0 Å². The number of para-hydroxylation sites is 1. The summed E-state index contributed by atoms with van der Waals surface area (Å²) < 4.78 is 0. The van der Waals surface area contributed by atoms with Crippen molar-refractivity contribution in [3.8, 4) is 0 Å². The molecule has 0 spiro atoms. The summed E-state index contributed by atoms with van der Waals surface area (Å²) in [5, 5.41) is 15.2. The van der Waals surface area contributed by atoms with E-state index >= 15 is 0 Å². The topological polar surface area (TPSA) is 92.6 Å². The van der Waals surface area contributed by atoms with Crippen molar-refractivity contribution in [1.29, 1.82) is 0 Å². The number of nitrogens with zero attached hydrogens (tertiary/aromatic N) is 2. The van der Waals surface area contributed by atoms with E-state index in [0.29, 0.717) is 15.6 Å². The molecule has 0 aromatic heterocycles. The van der Waals surface area contributed by atoms with Crippen molar-refractivity contribution in [3.63, 3.8) is 0 Å². The van der Waals surface area contributed by atoms with Crippen LogP contribution in [0.3, 0.4) is 0 Å². The van der Waals surface area contributed by atoms with E-state index < -0.39 is 16.9 Å². The number of hydrogen-bond acceptors (Lipinski definition) is 4. The van der Waals surface area contributed by atoms with Crippen LogP contribution in [-0.4, -0.2) is 33.7 Å². The first kappa shape index (κ1) is 27.2. The van der Waals surface area contributed by atoms with Crippen molar-refractivity contribution < 1.29 is 14.5 Å². The van der Waals surface area contributed by atoms with Gasteiger partial charge in [-0.3, -0.25) is 19.7 Å². The summed E-state index contributed by atoms with van der Waals surface area (Å²) in [5.41, 5.74) is 1.45. The lowest BCUT2D eigenvalue weighted by molar-refractivity contribution is -0.385. The van der Waals surface area contributed by atoms with Crippen LogP contribution in [0.5, 0.6) is 0 Å². The summed E-state index contributed by atoms with van der Waals surface area (Å²) in [7, 11) is 0. The molecule has 0 fully saturated rings. The number of nitro groups is 1. The van der Waals surface area contributed by atoms with E-state index in [1.54, 1.807) is 30.3 Å². The second-order valence-electron chi connectivity index (χ2n) is 8.65. The van der Waals surface area contributed by atoms with Gasteiger partial charge in [0, 0.05) is 46.2 Å². The molecule has 0 bridgehead atoms. The highest BCUT2D eigenvalue weighted by atomic mass is 35.5. The number of hydrogen-bond donors (Lipinski definition) is 1. The standard InChI is InChI=1S/C27H27Cl2N3O4/c1-18(2)30-27(34)25(15-19-9-4-3-5-10-19)31(17-21-22(28)12-8-13-23(21)29)26(33)16-20-11-6-7-14-24(20)32(35)36/h3-14,18,25H,15-17H2,1-2H3,(H,30,34)/t25-/m0/s1. The molecule has 36 heavy (non-hydrogen) atoms. The van der Waals surface area contributed by atoms with Crippen molar-refractivity contribution >= 4 is 40.7 Å². The number of amides is 2. The maximum atomic E-state index is 13.8. The number of nitro benzene ring substituents is 1. The Bertz CT molecular complexity index is 1210. The highest BCUT2D eigenvalue weighted by molar-refractivity contribution is 6.36. The number of carbonyl (C=O) groups excluding carboxylic acids is 2. The maximum absolute atomic E-state index is 13.8. The zero-order chi connectivity index (χ0) is 26.2. The largest absolute Gasteiger partial charge is 0.352 e. The van der Waals surface area contributed by atoms with Crippen molar-refractivity contribution in [2.75, 3.05) is 0 Å². The zero-order valence-corrected chi connectivity index (χ0v) is 21.5.